The number of fused-ring (bicyclic) bond motifs is 1. The maximum Gasteiger partial charge on any atom is 0.251 e. The molecule has 0 unspecified atom stereocenters. The molecule has 1 amide bonds. The van der Waals surface area contributed by atoms with Gasteiger partial charge in [-0.25, -0.2) is 0 Å². The van der Waals surface area contributed by atoms with Crippen LogP contribution in [0.4, 0.5) is 0 Å². The predicted octanol–water partition coefficient (Wildman–Crippen LogP) is 3.76. The first-order valence-electron chi connectivity index (χ1n) is 6.26. The van der Waals surface area contributed by atoms with Gasteiger partial charge < -0.3 is 14.8 Å². The average molecular weight is 369 g/mol. The molecule has 0 bridgehead atoms. The Morgan fingerprint density at radius 2 is 2.14 bits per heavy atom. The highest BCUT2D eigenvalue weighted by molar-refractivity contribution is 9.10. The molecule has 0 saturated carbocycles. The van der Waals surface area contributed by atoms with E-state index in [9.17, 15) is 4.79 Å². The van der Waals surface area contributed by atoms with Crippen LogP contribution in [0.15, 0.2) is 40.9 Å². The number of ether oxygens (including phenoxy) is 2. The van der Waals surface area contributed by atoms with Gasteiger partial charge in [0.2, 0.25) is 6.79 Å². The highest BCUT2D eigenvalue weighted by atomic mass is 79.9. The molecule has 4 nitrogen and oxygen atoms in total. The molecule has 3 rings (SSSR count). The molecule has 0 saturated heterocycles. The maximum atomic E-state index is 12.1. The number of benzene rings is 2. The minimum absolute atomic E-state index is 0.194. The molecule has 2 aromatic rings. The second-order valence-corrected chi connectivity index (χ2v) is 5.72. The number of nitrogens with one attached hydrogen (secondary N) is 1. The molecular weight excluding hydrogens is 358 g/mol. The van der Waals surface area contributed by atoms with Crippen LogP contribution >= 0.6 is 27.5 Å². The Morgan fingerprint density at radius 1 is 1.29 bits per heavy atom. The van der Waals surface area contributed by atoms with Crippen LogP contribution in [0.2, 0.25) is 5.02 Å². The van der Waals surface area contributed by atoms with E-state index >= 15 is 0 Å². The summed E-state index contributed by atoms with van der Waals surface area (Å²) >= 11 is 9.28. The largest absolute Gasteiger partial charge is 0.454 e. The number of hydrogen-bond donors (Lipinski definition) is 1. The topological polar surface area (TPSA) is 47.6 Å². The summed E-state index contributed by atoms with van der Waals surface area (Å²) in [6.45, 7) is 0.571. The summed E-state index contributed by atoms with van der Waals surface area (Å²) in [6.07, 6.45) is 0. The zero-order valence-corrected chi connectivity index (χ0v) is 13.2. The number of rotatable bonds is 3. The minimum Gasteiger partial charge on any atom is -0.454 e. The summed E-state index contributed by atoms with van der Waals surface area (Å²) in [5.74, 6) is 1.20. The first-order valence-corrected chi connectivity index (χ1v) is 7.43. The van der Waals surface area contributed by atoms with Crippen molar-refractivity contribution in [1.29, 1.82) is 0 Å². The maximum absolute atomic E-state index is 12.1. The molecule has 0 fully saturated rings. The van der Waals surface area contributed by atoms with Gasteiger partial charge in [-0.15, -0.1) is 0 Å². The van der Waals surface area contributed by atoms with Crippen LogP contribution in [-0.2, 0) is 6.54 Å². The molecular formula is C15H11BrClNO3. The lowest BCUT2D eigenvalue weighted by Crippen LogP contribution is -2.22. The molecule has 1 heterocycles. The Bertz CT molecular complexity index is 705. The summed E-state index contributed by atoms with van der Waals surface area (Å²) < 4.78 is 11.5. The van der Waals surface area contributed by atoms with Crippen molar-refractivity contribution in [3.63, 3.8) is 0 Å². The molecule has 0 radical (unpaired) electrons. The Labute approximate surface area is 135 Å². The van der Waals surface area contributed by atoms with Gasteiger partial charge in [0.25, 0.3) is 5.91 Å². The summed E-state index contributed by atoms with van der Waals surface area (Å²) in [4.78, 5) is 12.1. The molecule has 0 atom stereocenters. The highest BCUT2D eigenvalue weighted by Gasteiger charge is 2.17. The van der Waals surface area contributed by atoms with Gasteiger partial charge in [0.1, 0.15) is 0 Å². The Morgan fingerprint density at radius 3 is 2.95 bits per heavy atom. The van der Waals surface area contributed by atoms with Crippen molar-refractivity contribution in [1.82, 2.24) is 5.32 Å². The lowest BCUT2D eigenvalue weighted by atomic mass is 10.1. The van der Waals surface area contributed by atoms with Crippen molar-refractivity contribution in [3.05, 3.63) is 57.0 Å². The van der Waals surface area contributed by atoms with Gasteiger partial charge in [0, 0.05) is 22.1 Å². The molecule has 21 heavy (non-hydrogen) atoms. The zero-order chi connectivity index (χ0) is 14.8. The standard InChI is InChI=1S/C15H11BrClNO3/c16-11-5-4-9(6-12(11)17)15(19)18-7-10-2-1-3-13-14(10)21-8-20-13/h1-6H,7-8H2,(H,18,19). The van der Waals surface area contributed by atoms with E-state index in [0.717, 1.165) is 10.0 Å². The second-order valence-electron chi connectivity index (χ2n) is 4.46. The number of halogens is 2. The molecule has 0 aromatic heterocycles. The van der Waals surface area contributed by atoms with E-state index < -0.39 is 0 Å². The average Bonchev–Trinajstić information content (AvgIpc) is 2.96. The first kappa shape index (κ1) is 14.2. The van der Waals surface area contributed by atoms with Crippen LogP contribution in [0.3, 0.4) is 0 Å². The third-order valence-corrected chi connectivity index (χ3v) is 4.33. The van der Waals surface area contributed by atoms with E-state index in [0.29, 0.717) is 28.6 Å². The number of carbonyl (C=O) groups excluding carboxylic acids is 1. The SMILES string of the molecule is O=C(NCc1cccc2c1OCO2)c1ccc(Br)c(Cl)c1. The van der Waals surface area contributed by atoms with Gasteiger partial charge in [-0.3, -0.25) is 4.79 Å². The molecule has 6 heteroatoms. The van der Waals surface area contributed by atoms with Crippen LogP contribution in [-0.4, -0.2) is 12.7 Å². The first-order chi connectivity index (χ1) is 10.1. The quantitative estimate of drug-likeness (QED) is 0.897. The van der Waals surface area contributed by atoms with Gasteiger partial charge in [-0.2, -0.15) is 0 Å². The summed E-state index contributed by atoms with van der Waals surface area (Å²) in [5, 5.41) is 3.34. The predicted molar refractivity (Wildman–Crippen MR) is 82.9 cm³/mol. The normalized spacial score (nSPS) is 12.3. The minimum atomic E-state index is -0.194. The van der Waals surface area contributed by atoms with E-state index in [1.165, 1.54) is 0 Å². The van der Waals surface area contributed by atoms with Gasteiger partial charge in [-0.05, 0) is 40.2 Å². The van der Waals surface area contributed by atoms with Crippen molar-refractivity contribution < 1.29 is 14.3 Å². The molecule has 108 valence electrons. The van der Waals surface area contributed by atoms with Crippen LogP contribution in [0.1, 0.15) is 15.9 Å². The fourth-order valence-electron chi connectivity index (χ4n) is 2.04. The van der Waals surface area contributed by atoms with Crippen LogP contribution < -0.4 is 14.8 Å². The number of carbonyl (C=O) groups is 1. The van der Waals surface area contributed by atoms with Gasteiger partial charge >= 0.3 is 0 Å². The monoisotopic (exact) mass is 367 g/mol. The van der Waals surface area contributed by atoms with Crippen LogP contribution in [0.5, 0.6) is 11.5 Å². The van der Waals surface area contributed by atoms with E-state index in [1.54, 1.807) is 18.2 Å². The Hall–Kier alpha value is -1.72. The molecule has 1 aliphatic rings. The van der Waals surface area contributed by atoms with Crippen LogP contribution in [0, 0.1) is 0 Å². The number of amides is 1. The summed E-state index contributed by atoms with van der Waals surface area (Å²) in [6, 6.07) is 10.7. The lowest BCUT2D eigenvalue weighted by Gasteiger charge is -2.08. The molecule has 2 aromatic carbocycles. The van der Waals surface area contributed by atoms with Crippen molar-refractivity contribution in [3.8, 4) is 11.5 Å². The second kappa shape index (κ2) is 5.95. The molecule has 1 N–H and O–H groups in total. The zero-order valence-electron chi connectivity index (χ0n) is 10.9. The summed E-state index contributed by atoms with van der Waals surface area (Å²) in [7, 11) is 0. The number of hydrogen-bond acceptors (Lipinski definition) is 3. The fraction of sp³-hybridized carbons (Fsp3) is 0.133. The van der Waals surface area contributed by atoms with Crippen molar-refractivity contribution in [2.75, 3.05) is 6.79 Å². The van der Waals surface area contributed by atoms with E-state index in [-0.39, 0.29) is 12.7 Å². The lowest BCUT2D eigenvalue weighted by molar-refractivity contribution is 0.0950. The Balaban J connectivity index is 1.72. The van der Waals surface area contributed by atoms with E-state index in [4.69, 9.17) is 21.1 Å². The summed E-state index contributed by atoms with van der Waals surface area (Å²) in [5.41, 5.74) is 1.38. The van der Waals surface area contributed by atoms with Crippen LogP contribution in [0.25, 0.3) is 0 Å². The number of para-hydroxylation sites is 1. The fourth-order valence-corrected chi connectivity index (χ4v) is 2.47. The third kappa shape index (κ3) is 2.99. The van der Waals surface area contributed by atoms with Crippen molar-refractivity contribution >= 4 is 33.4 Å². The molecule has 1 aliphatic heterocycles. The van der Waals surface area contributed by atoms with Gasteiger partial charge in [-0.1, -0.05) is 23.7 Å². The third-order valence-electron chi connectivity index (χ3n) is 3.10. The van der Waals surface area contributed by atoms with E-state index in [1.807, 2.05) is 18.2 Å². The molecule has 0 aliphatic carbocycles. The van der Waals surface area contributed by atoms with E-state index in [2.05, 4.69) is 21.2 Å². The highest BCUT2D eigenvalue weighted by Crippen LogP contribution is 2.35. The smallest absolute Gasteiger partial charge is 0.251 e. The Kier molecular flexibility index (Phi) is 4.03. The van der Waals surface area contributed by atoms with Crippen molar-refractivity contribution in [2.24, 2.45) is 0 Å². The van der Waals surface area contributed by atoms with Gasteiger partial charge in [0.05, 0.1) is 5.02 Å². The van der Waals surface area contributed by atoms with Gasteiger partial charge in [0.15, 0.2) is 11.5 Å². The molecule has 0 spiro atoms. The van der Waals surface area contributed by atoms with Crippen molar-refractivity contribution in [2.45, 2.75) is 6.54 Å².